The summed E-state index contributed by atoms with van der Waals surface area (Å²) in [5.41, 5.74) is 0. The second-order valence-corrected chi connectivity index (χ2v) is 4.82. The highest BCUT2D eigenvalue weighted by Crippen LogP contribution is 2.23. The third-order valence-electron chi connectivity index (χ3n) is 2.89. The van der Waals surface area contributed by atoms with Crippen molar-refractivity contribution in [2.45, 2.75) is 19.5 Å². The van der Waals surface area contributed by atoms with Gasteiger partial charge < -0.3 is 15.3 Å². The Hall–Kier alpha value is -1.31. The Kier molecular flexibility index (Phi) is 5.16. The van der Waals surface area contributed by atoms with Gasteiger partial charge in [-0.1, -0.05) is 6.92 Å². The molecule has 1 saturated heterocycles. The predicted molar refractivity (Wildman–Crippen MR) is 60.0 cm³/mol. The van der Waals surface area contributed by atoms with E-state index in [4.69, 9.17) is 5.11 Å². The molecular weight excluding hydrogens is 265 g/mol. The summed E-state index contributed by atoms with van der Waals surface area (Å²) in [5.74, 6) is -1.99. The molecule has 2 unspecified atom stereocenters. The molecular formula is C11H17F3N2O3. The molecule has 2 amide bonds. The summed E-state index contributed by atoms with van der Waals surface area (Å²) in [5, 5.41) is 11.3. The van der Waals surface area contributed by atoms with Crippen LogP contribution in [0.4, 0.5) is 13.2 Å². The molecule has 0 spiro atoms. The average molecular weight is 282 g/mol. The number of aliphatic hydroxyl groups is 1. The minimum absolute atomic E-state index is 0.0932. The molecule has 1 aliphatic heterocycles. The number of hydrogen-bond donors (Lipinski definition) is 2. The average Bonchev–Trinajstić information content (AvgIpc) is 2.65. The first kappa shape index (κ1) is 15.7. The van der Waals surface area contributed by atoms with Crippen molar-refractivity contribution in [1.82, 2.24) is 10.2 Å². The fraction of sp³-hybridized carbons (Fsp3) is 0.818. The van der Waals surface area contributed by atoms with Gasteiger partial charge in [0.2, 0.25) is 11.8 Å². The molecule has 2 N–H and O–H groups in total. The Morgan fingerprint density at radius 1 is 1.58 bits per heavy atom. The predicted octanol–water partition coefficient (Wildman–Crippen LogP) is 0.142. The number of aliphatic hydroxyl groups excluding tert-OH is 1. The minimum atomic E-state index is -4.45. The Morgan fingerprint density at radius 2 is 2.21 bits per heavy atom. The van der Waals surface area contributed by atoms with Crippen molar-refractivity contribution in [2.75, 3.05) is 26.2 Å². The molecule has 0 radical (unpaired) electrons. The van der Waals surface area contributed by atoms with E-state index >= 15 is 0 Å². The van der Waals surface area contributed by atoms with Crippen molar-refractivity contribution in [1.29, 1.82) is 0 Å². The number of likely N-dealkylation sites (tertiary alicyclic amines) is 1. The lowest BCUT2D eigenvalue weighted by atomic mass is 10.1. The van der Waals surface area contributed by atoms with Crippen LogP contribution in [0.2, 0.25) is 0 Å². The Labute approximate surface area is 108 Å². The van der Waals surface area contributed by atoms with Gasteiger partial charge in [-0.15, -0.1) is 0 Å². The summed E-state index contributed by atoms with van der Waals surface area (Å²) in [6.45, 7) is 0.333. The molecule has 1 aliphatic rings. The number of amides is 2. The highest BCUT2D eigenvalue weighted by molar-refractivity contribution is 5.89. The van der Waals surface area contributed by atoms with Crippen molar-refractivity contribution in [2.24, 2.45) is 11.8 Å². The first-order valence-electron chi connectivity index (χ1n) is 5.96. The third kappa shape index (κ3) is 5.06. The lowest BCUT2D eigenvalue weighted by Crippen LogP contribution is -2.38. The molecule has 2 atom stereocenters. The molecule has 110 valence electrons. The largest absolute Gasteiger partial charge is 0.406 e. The van der Waals surface area contributed by atoms with Crippen molar-refractivity contribution >= 4 is 11.8 Å². The van der Waals surface area contributed by atoms with Crippen LogP contribution in [0, 0.1) is 11.8 Å². The second-order valence-electron chi connectivity index (χ2n) is 4.82. The maximum atomic E-state index is 12.2. The molecule has 8 heteroatoms. The molecule has 5 nitrogen and oxygen atoms in total. The minimum Gasteiger partial charge on any atom is -0.396 e. The molecule has 0 aromatic rings. The maximum Gasteiger partial charge on any atom is 0.406 e. The standard InChI is InChI=1S/C11H17F3N2O3/c1-7(5-17)3-15-10(19)8-2-9(18)16(4-8)6-11(12,13)14/h7-8,17H,2-6H2,1H3,(H,15,19). The molecule has 0 bridgehead atoms. The first-order valence-corrected chi connectivity index (χ1v) is 5.96. The van der Waals surface area contributed by atoms with Crippen molar-refractivity contribution < 1.29 is 27.9 Å². The van der Waals surface area contributed by atoms with Crippen LogP contribution in [0.25, 0.3) is 0 Å². The summed E-state index contributed by atoms with van der Waals surface area (Å²) < 4.78 is 36.6. The van der Waals surface area contributed by atoms with Crippen molar-refractivity contribution in [3.05, 3.63) is 0 Å². The highest BCUT2D eigenvalue weighted by Gasteiger charge is 2.40. The van der Waals surface area contributed by atoms with Crippen LogP contribution < -0.4 is 5.32 Å². The number of carbonyl (C=O) groups is 2. The summed E-state index contributed by atoms with van der Waals surface area (Å²) in [6, 6.07) is 0. The summed E-state index contributed by atoms with van der Waals surface area (Å²) in [4.78, 5) is 23.7. The van der Waals surface area contributed by atoms with E-state index in [1.807, 2.05) is 0 Å². The summed E-state index contributed by atoms with van der Waals surface area (Å²) in [7, 11) is 0. The summed E-state index contributed by atoms with van der Waals surface area (Å²) >= 11 is 0. The zero-order chi connectivity index (χ0) is 14.6. The van der Waals surface area contributed by atoms with E-state index in [9.17, 15) is 22.8 Å². The number of rotatable bonds is 5. The number of hydrogen-bond acceptors (Lipinski definition) is 3. The number of nitrogens with zero attached hydrogens (tertiary/aromatic N) is 1. The molecule has 1 rings (SSSR count). The Balaban J connectivity index is 2.45. The zero-order valence-corrected chi connectivity index (χ0v) is 10.5. The molecule has 19 heavy (non-hydrogen) atoms. The van der Waals surface area contributed by atoms with Crippen LogP contribution in [0.5, 0.6) is 0 Å². The van der Waals surface area contributed by atoms with Gasteiger partial charge in [0.05, 0.1) is 5.92 Å². The van der Waals surface area contributed by atoms with Crippen molar-refractivity contribution in [3.63, 3.8) is 0 Å². The quantitative estimate of drug-likeness (QED) is 0.753. The number of halogens is 3. The zero-order valence-electron chi connectivity index (χ0n) is 10.5. The normalized spacial score (nSPS) is 21.6. The second kappa shape index (κ2) is 6.23. The van der Waals surface area contributed by atoms with E-state index in [0.29, 0.717) is 4.90 Å². The molecule has 0 saturated carbocycles. The Bertz CT molecular complexity index is 347. The molecule has 1 fully saturated rings. The van der Waals surface area contributed by atoms with Gasteiger partial charge in [0.25, 0.3) is 0 Å². The fourth-order valence-corrected chi connectivity index (χ4v) is 1.80. The van der Waals surface area contributed by atoms with E-state index in [0.717, 1.165) is 0 Å². The van der Waals surface area contributed by atoms with Crippen LogP contribution in [0.1, 0.15) is 13.3 Å². The Morgan fingerprint density at radius 3 is 2.74 bits per heavy atom. The number of carbonyl (C=O) groups excluding carboxylic acids is 2. The van der Waals surface area contributed by atoms with Gasteiger partial charge in [0, 0.05) is 26.1 Å². The first-order chi connectivity index (χ1) is 8.73. The smallest absolute Gasteiger partial charge is 0.396 e. The van der Waals surface area contributed by atoms with Gasteiger partial charge in [-0.2, -0.15) is 13.2 Å². The lowest BCUT2D eigenvalue weighted by Gasteiger charge is -2.18. The van der Waals surface area contributed by atoms with E-state index in [2.05, 4.69) is 5.32 Å². The van der Waals surface area contributed by atoms with E-state index in [-0.39, 0.29) is 32.0 Å². The molecule has 1 heterocycles. The van der Waals surface area contributed by atoms with Crippen molar-refractivity contribution in [3.8, 4) is 0 Å². The van der Waals surface area contributed by atoms with E-state index in [1.165, 1.54) is 0 Å². The number of nitrogens with one attached hydrogen (secondary N) is 1. The van der Waals surface area contributed by atoms with Crippen LogP contribution >= 0.6 is 0 Å². The highest BCUT2D eigenvalue weighted by atomic mass is 19.4. The van der Waals surface area contributed by atoms with Gasteiger partial charge in [0.15, 0.2) is 0 Å². The number of alkyl halides is 3. The van der Waals surface area contributed by atoms with Crippen LogP contribution in [-0.4, -0.2) is 54.2 Å². The fourth-order valence-electron chi connectivity index (χ4n) is 1.80. The SMILES string of the molecule is CC(CO)CNC(=O)C1CC(=O)N(CC(F)(F)F)C1. The van der Waals surface area contributed by atoms with E-state index in [1.54, 1.807) is 6.92 Å². The van der Waals surface area contributed by atoms with Gasteiger partial charge in [-0.3, -0.25) is 9.59 Å². The van der Waals surface area contributed by atoms with Crippen LogP contribution in [0.3, 0.4) is 0 Å². The van der Waals surface area contributed by atoms with Gasteiger partial charge in [0.1, 0.15) is 6.54 Å². The van der Waals surface area contributed by atoms with E-state index < -0.39 is 30.5 Å². The lowest BCUT2D eigenvalue weighted by molar-refractivity contribution is -0.157. The maximum absolute atomic E-state index is 12.2. The summed E-state index contributed by atoms with van der Waals surface area (Å²) in [6.07, 6.45) is -4.65. The van der Waals surface area contributed by atoms with Crippen LogP contribution in [0.15, 0.2) is 0 Å². The molecule has 0 aromatic heterocycles. The van der Waals surface area contributed by atoms with Gasteiger partial charge in [-0.05, 0) is 5.92 Å². The van der Waals surface area contributed by atoms with Crippen LogP contribution in [-0.2, 0) is 9.59 Å². The topological polar surface area (TPSA) is 69.6 Å². The molecule has 0 aromatic carbocycles. The monoisotopic (exact) mass is 282 g/mol. The van der Waals surface area contributed by atoms with Gasteiger partial charge >= 0.3 is 6.18 Å². The third-order valence-corrected chi connectivity index (χ3v) is 2.89. The molecule has 0 aliphatic carbocycles. The van der Waals surface area contributed by atoms with Gasteiger partial charge in [-0.25, -0.2) is 0 Å².